The van der Waals surface area contributed by atoms with Gasteiger partial charge in [0.05, 0.1) is 24.5 Å². The summed E-state index contributed by atoms with van der Waals surface area (Å²) in [6.45, 7) is 1.09. The Bertz CT molecular complexity index is 546. The predicted molar refractivity (Wildman–Crippen MR) is 71.9 cm³/mol. The Kier molecular flexibility index (Phi) is 3.57. The predicted octanol–water partition coefficient (Wildman–Crippen LogP) is 1.57. The van der Waals surface area contributed by atoms with Crippen molar-refractivity contribution in [2.75, 3.05) is 6.54 Å². The molecule has 19 heavy (non-hydrogen) atoms. The third-order valence-corrected chi connectivity index (χ3v) is 3.54. The van der Waals surface area contributed by atoms with Crippen LogP contribution in [-0.4, -0.2) is 26.6 Å². The molecule has 1 aliphatic rings. The van der Waals surface area contributed by atoms with E-state index in [0.717, 1.165) is 29.9 Å². The summed E-state index contributed by atoms with van der Waals surface area (Å²) >= 11 is 0. The first-order valence-corrected chi connectivity index (χ1v) is 6.72. The molecule has 1 atom stereocenters. The summed E-state index contributed by atoms with van der Waals surface area (Å²) in [6, 6.07) is 8.02. The van der Waals surface area contributed by atoms with E-state index in [-0.39, 0.29) is 6.61 Å². The molecule has 0 aliphatic carbocycles. The first-order chi connectivity index (χ1) is 9.36. The fourth-order valence-electron chi connectivity index (χ4n) is 2.46. The third kappa shape index (κ3) is 2.67. The van der Waals surface area contributed by atoms with Gasteiger partial charge in [0, 0.05) is 0 Å². The fraction of sp³-hybridized carbons (Fsp3) is 0.429. The van der Waals surface area contributed by atoms with Gasteiger partial charge in [-0.2, -0.15) is 0 Å². The van der Waals surface area contributed by atoms with Crippen LogP contribution in [0.25, 0.3) is 5.69 Å². The number of aliphatic hydroxyl groups is 1. The zero-order valence-electron chi connectivity index (χ0n) is 10.8. The number of nitrogens with zero attached hydrogens (tertiary/aromatic N) is 3. The summed E-state index contributed by atoms with van der Waals surface area (Å²) in [4.78, 5) is 0. The van der Waals surface area contributed by atoms with Crippen molar-refractivity contribution >= 4 is 0 Å². The molecule has 1 aliphatic heterocycles. The van der Waals surface area contributed by atoms with Crippen molar-refractivity contribution in [1.29, 1.82) is 0 Å². The Balaban J connectivity index is 1.83. The van der Waals surface area contributed by atoms with Gasteiger partial charge in [-0.1, -0.05) is 23.8 Å². The average molecular weight is 258 g/mol. The van der Waals surface area contributed by atoms with Crippen LogP contribution in [0, 0.1) is 0 Å². The molecule has 1 fully saturated rings. The number of benzene rings is 1. The fourth-order valence-corrected chi connectivity index (χ4v) is 2.46. The standard InChI is InChI=1S/C14H18N4O/c19-10-11-4-3-5-12(8-11)18-9-14(16-17-18)13-6-1-2-7-15-13/h3-5,8-9,13,15,19H,1-2,6-7,10H2. The van der Waals surface area contributed by atoms with E-state index in [0.29, 0.717) is 6.04 Å². The number of hydrogen-bond acceptors (Lipinski definition) is 4. The van der Waals surface area contributed by atoms with Gasteiger partial charge in [-0.05, 0) is 37.1 Å². The normalized spacial score (nSPS) is 19.5. The average Bonchev–Trinajstić information content (AvgIpc) is 2.98. The van der Waals surface area contributed by atoms with Gasteiger partial charge < -0.3 is 10.4 Å². The largest absolute Gasteiger partial charge is 0.392 e. The second kappa shape index (κ2) is 5.50. The summed E-state index contributed by atoms with van der Waals surface area (Å²) in [7, 11) is 0. The van der Waals surface area contributed by atoms with Gasteiger partial charge in [0.1, 0.15) is 5.69 Å². The molecule has 2 aromatic rings. The van der Waals surface area contributed by atoms with Crippen molar-refractivity contribution < 1.29 is 5.11 Å². The molecule has 2 heterocycles. The maximum atomic E-state index is 9.16. The molecule has 3 rings (SSSR count). The van der Waals surface area contributed by atoms with E-state index >= 15 is 0 Å². The number of aromatic nitrogens is 3. The van der Waals surface area contributed by atoms with Crippen molar-refractivity contribution in [2.24, 2.45) is 0 Å². The van der Waals surface area contributed by atoms with Crippen LogP contribution in [0.2, 0.25) is 0 Å². The zero-order chi connectivity index (χ0) is 13.1. The van der Waals surface area contributed by atoms with E-state index < -0.39 is 0 Å². The molecule has 0 bridgehead atoms. The van der Waals surface area contributed by atoms with Gasteiger partial charge in [0.2, 0.25) is 0 Å². The highest BCUT2D eigenvalue weighted by Gasteiger charge is 2.18. The van der Waals surface area contributed by atoms with E-state index in [1.165, 1.54) is 12.8 Å². The molecule has 100 valence electrons. The molecule has 2 N–H and O–H groups in total. The summed E-state index contributed by atoms with van der Waals surface area (Å²) in [5, 5.41) is 21.1. The van der Waals surface area contributed by atoms with Crippen LogP contribution < -0.4 is 5.32 Å². The second-order valence-corrected chi connectivity index (χ2v) is 4.92. The van der Waals surface area contributed by atoms with Crippen LogP contribution in [-0.2, 0) is 6.61 Å². The van der Waals surface area contributed by atoms with Gasteiger partial charge in [0.15, 0.2) is 0 Å². The third-order valence-electron chi connectivity index (χ3n) is 3.54. The van der Waals surface area contributed by atoms with Crippen molar-refractivity contribution in [2.45, 2.75) is 31.9 Å². The minimum Gasteiger partial charge on any atom is -0.392 e. The van der Waals surface area contributed by atoms with Crippen LogP contribution in [0.5, 0.6) is 0 Å². The highest BCUT2D eigenvalue weighted by Crippen LogP contribution is 2.21. The minimum absolute atomic E-state index is 0.0412. The second-order valence-electron chi connectivity index (χ2n) is 4.92. The van der Waals surface area contributed by atoms with Crippen molar-refractivity contribution in [3.8, 4) is 5.69 Å². The topological polar surface area (TPSA) is 63.0 Å². The molecule has 5 heteroatoms. The first kappa shape index (κ1) is 12.3. The Morgan fingerprint density at radius 3 is 3.11 bits per heavy atom. The summed E-state index contributed by atoms with van der Waals surface area (Å²) in [6.07, 6.45) is 5.57. The van der Waals surface area contributed by atoms with Gasteiger partial charge in [-0.3, -0.25) is 0 Å². The highest BCUT2D eigenvalue weighted by molar-refractivity contribution is 5.35. The Morgan fingerprint density at radius 2 is 2.32 bits per heavy atom. The van der Waals surface area contributed by atoms with Crippen LogP contribution in [0.15, 0.2) is 30.5 Å². The number of nitrogens with one attached hydrogen (secondary N) is 1. The van der Waals surface area contributed by atoms with Crippen molar-refractivity contribution in [3.05, 3.63) is 41.7 Å². The molecule has 0 saturated carbocycles. The Labute approximate surface area is 112 Å². The van der Waals surface area contributed by atoms with E-state index in [9.17, 15) is 0 Å². The molecular formula is C14H18N4O. The van der Waals surface area contributed by atoms with Gasteiger partial charge >= 0.3 is 0 Å². The van der Waals surface area contributed by atoms with E-state index in [2.05, 4.69) is 15.6 Å². The lowest BCUT2D eigenvalue weighted by Crippen LogP contribution is -2.27. The number of hydrogen-bond donors (Lipinski definition) is 2. The molecule has 0 amide bonds. The van der Waals surface area contributed by atoms with Crippen molar-refractivity contribution in [1.82, 2.24) is 20.3 Å². The smallest absolute Gasteiger partial charge is 0.100 e. The lowest BCUT2D eigenvalue weighted by atomic mass is 10.0. The Morgan fingerprint density at radius 1 is 1.37 bits per heavy atom. The van der Waals surface area contributed by atoms with E-state index in [4.69, 9.17) is 5.11 Å². The molecule has 1 aromatic heterocycles. The zero-order valence-corrected chi connectivity index (χ0v) is 10.8. The number of aliphatic hydroxyl groups excluding tert-OH is 1. The summed E-state index contributed by atoms with van der Waals surface area (Å²) in [5.41, 5.74) is 2.81. The van der Waals surface area contributed by atoms with Gasteiger partial charge in [0.25, 0.3) is 0 Å². The maximum Gasteiger partial charge on any atom is 0.100 e. The number of piperidine rings is 1. The van der Waals surface area contributed by atoms with Crippen LogP contribution >= 0.6 is 0 Å². The van der Waals surface area contributed by atoms with E-state index in [1.54, 1.807) is 4.68 Å². The SMILES string of the molecule is OCc1cccc(-n2cc(C3CCCCN3)nn2)c1. The quantitative estimate of drug-likeness (QED) is 0.877. The minimum atomic E-state index is 0.0412. The lowest BCUT2D eigenvalue weighted by molar-refractivity contribution is 0.282. The molecule has 0 radical (unpaired) electrons. The van der Waals surface area contributed by atoms with E-state index in [1.807, 2.05) is 30.5 Å². The maximum absolute atomic E-state index is 9.16. The van der Waals surface area contributed by atoms with Gasteiger partial charge in [-0.15, -0.1) is 5.10 Å². The first-order valence-electron chi connectivity index (χ1n) is 6.72. The molecular weight excluding hydrogens is 240 g/mol. The molecule has 1 unspecified atom stereocenters. The molecule has 5 nitrogen and oxygen atoms in total. The lowest BCUT2D eigenvalue weighted by Gasteiger charge is -2.20. The van der Waals surface area contributed by atoms with Crippen LogP contribution in [0.3, 0.4) is 0 Å². The monoisotopic (exact) mass is 258 g/mol. The highest BCUT2D eigenvalue weighted by atomic mass is 16.3. The van der Waals surface area contributed by atoms with Gasteiger partial charge in [-0.25, -0.2) is 4.68 Å². The molecule has 1 saturated heterocycles. The van der Waals surface area contributed by atoms with Crippen molar-refractivity contribution in [3.63, 3.8) is 0 Å². The Hall–Kier alpha value is -1.72. The number of rotatable bonds is 3. The molecule has 0 spiro atoms. The van der Waals surface area contributed by atoms with Crippen LogP contribution in [0.1, 0.15) is 36.6 Å². The summed E-state index contributed by atoms with van der Waals surface area (Å²) < 4.78 is 1.77. The van der Waals surface area contributed by atoms with Crippen LogP contribution in [0.4, 0.5) is 0 Å². The summed E-state index contributed by atoms with van der Waals surface area (Å²) in [5.74, 6) is 0. The molecule has 1 aromatic carbocycles.